The fourth-order valence-corrected chi connectivity index (χ4v) is 1.47. The Balaban J connectivity index is 2.24. The lowest BCUT2D eigenvalue weighted by atomic mass is 10.3. The minimum atomic E-state index is 0.172. The summed E-state index contributed by atoms with van der Waals surface area (Å²) in [4.78, 5) is 0. The summed E-state index contributed by atoms with van der Waals surface area (Å²) in [6, 6.07) is 0.172. The van der Waals surface area contributed by atoms with Crippen LogP contribution in [-0.4, -0.2) is 40.5 Å². The molecule has 0 bridgehead atoms. The van der Waals surface area contributed by atoms with Crippen LogP contribution in [0.15, 0.2) is 0 Å². The number of hydrogen-bond acceptors (Lipinski definition) is 5. The Hall–Kier alpha value is -1.01. The van der Waals surface area contributed by atoms with Gasteiger partial charge in [0.2, 0.25) is 0 Å². The van der Waals surface area contributed by atoms with Gasteiger partial charge in [-0.2, -0.15) is 0 Å². The highest BCUT2D eigenvalue weighted by Gasteiger charge is 2.11. The van der Waals surface area contributed by atoms with Crippen molar-refractivity contribution in [2.45, 2.75) is 45.7 Å². The molecule has 0 aromatic carbocycles. The van der Waals surface area contributed by atoms with E-state index in [4.69, 9.17) is 4.74 Å². The van der Waals surface area contributed by atoms with E-state index in [0.29, 0.717) is 0 Å². The van der Waals surface area contributed by atoms with Gasteiger partial charge in [0.1, 0.15) is 0 Å². The van der Waals surface area contributed by atoms with Crippen molar-refractivity contribution in [1.82, 2.24) is 25.5 Å². The number of hydrogen-bond donors (Lipinski definition) is 1. The third kappa shape index (κ3) is 4.79. The van der Waals surface area contributed by atoms with Gasteiger partial charge in [-0.15, -0.1) is 5.10 Å². The van der Waals surface area contributed by atoms with Crippen molar-refractivity contribution in [3.8, 4) is 0 Å². The molecule has 0 aliphatic rings. The first-order chi connectivity index (χ1) is 8.29. The molecule has 1 rings (SSSR count). The predicted octanol–water partition coefficient (Wildman–Crippen LogP) is 1.16. The van der Waals surface area contributed by atoms with Gasteiger partial charge in [-0.25, -0.2) is 4.68 Å². The Morgan fingerprint density at radius 3 is 2.82 bits per heavy atom. The average Bonchev–Trinajstić information content (AvgIpc) is 2.81. The van der Waals surface area contributed by atoms with Crippen molar-refractivity contribution in [3.63, 3.8) is 0 Å². The third-order valence-corrected chi connectivity index (χ3v) is 2.68. The van der Waals surface area contributed by atoms with Crippen LogP contribution >= 0.6 is 0 Å². The van der Waals surface area contributed by atoms with Gasteiger partial charge in [0.05, 0.1) is 6.04 Å². The normalized spacial score (nSPS) is 12.9. The standard InChI is InChI=1S/C11H23N5O/c1-4-5-8-17-9-6-7-16-11(10(2)12-3)13-14-15-16/h10,12H,4-9H2,1-3H3. The number of aryl methyl sites for hydroxylation is 1. The van der Waals surface area contributed by atoms with Crippen LogP contribution in [0.5, 0.6) is 0 Å². The van der Waals surface area contributed by atoms with Gasteiger partial charge in [0, 0.05) is 19.8 Å². The quantitative estimate of drug-likeness (QED) is 0.657. The van der Waals surface area contributed by atoms with Crippen LogP contribution in [0, 0.1) is 0 Å². The highest BCUT2D eigenvalue weighted by atomic mass is 16.5. The Morgan fingerprint density at radius 1 is 1.35 bits per heavy atom. The van der Waals surface area contributed by atoms with E-state index in [2.05, 4.69) is 27.8 Å². The predicted molar refractivity (Wildman–Crippen MR) is 65.6 cm³/mol. The number of unbranched alkanes of at least 4 members (excludes halogenated alkanes) is 1. The Bertz CT molecular complexity index is 302. The molecule has 0 radical (unpaired) electrons. The molecule has 1 aromatic heterocycles. The van der Waals surface area contributed by atoms with Gasteiger partial charge in [-0.05, 0) is 37.2 Å². The van der Waals surface area contributed by atoms with E-state index in [1.807, 2.05) is 18.7 Å². The van der Waals surface area contributed by atoms with E-state index in [0.717, 1.165) is 38.4 Å². The average molecular weight is 241 g/mol. The summed E-state index contributed by atoms with van der Waals surface area (Å²) in [6.07, 6.45) is 3.25. The maximum Gasteiger partial charge on any atom is 0.167 e. The van der Waals surface area contributed by atoms with Gasteiger partial charge >= 0.3 is 0 Å². The molecule has 6 heteroatoms. The van der Waals surface area contributed by atoms with E-state index in [-0.39, 0.29) is 6.04 Å². The van der Waals surface area contributed by atoms with Gasteiger partial charge < -0.3 is 10.1 Å². The molecule has 1 aromatic rings. The number of nitrogens with zero attached hydrogens (tertiary/aromatic N) is 4. The number of aromatic nitrogens is 4. The fraction of sp³-hybridized carbons (Fsp3) is 0.909. The summed E-state index contributed by atoms with van der Waals surface area (Å²) in [6.45, 7) is 6.63. The second-order valence-corrected chi connectivity index (χ2v) is 4.09. The topological polar surface area (TPSA) is 64.9 Å². The number of ether oxygens (including phenoxy) is 1. The lowest BCUT2D eigenvalue weighted by Crippen LogP contribution is -2.19. The van der Waals surface area contributed by atoms with E-state index < -0.39 is 0 Å². The molecule has 98 valence electrons. The molecule has 0 aliphatic carbocycles. The zero-order chi connectivity index (χ0) is 12.5. The summed E-state index contributed by atoms with van der Waals surface area (Å²) in [5.74, 6) is 0.876. The van der Waals surface area contributed by atoms with Crippen LogP contribution in [0.25, 0.3) is 0 Å². The summed E-state index contributed by atoms with van der Waals surface area (Å²) in [7, 11) is 1.90. The number of tetrazole rings is 1. The van der Waals surface area contributed by atoms with Gasteiger partial charge in [0.25, 0.3) is 0 Å². The summed E-state index contributed by atoms with van der Waals surface area (Å²) in [5, 5.41) is 14.8. The molecule has 0 spiro atoms. The van der Waals surface area contributed by atoms with Crippen molar-refractivity contribution in [1.29, 1.82) is 0 Å². The molecule has 0 amide bonds. The minimum absolute atomic E-state index is 0.172. The lowest BCUT2D eigenvalue weighted by molar-refractivity contribution is 0.125. The lowest BCUT2D eigenvalue weighted by Gasteiger charge is -2.10. The zero-order valence-corrected chi connectivity index (χ0v) is 11.0. The number of rotatable bonds is 9. The molecule has 0 fully saturated rings. The molecule has 6 nitrogen and oxygen atoms in total. The number of nitrogens with one attached hydrogen (secondary N) is 1. The Labute approximate surface area is 103 Å². The summed E-state index contributed by atoms with van der Waals surface area (Å²) >= 11 is 0. The van der Waals surface area contributed by atoms with E-state index in [1.165, 1.54) is 6.42 Å². The molecular weight excluding hydrogens is 218 g/mol. The minimum Gasteiger partial charge on any atom is -0.381 e. The fourth-order valence-electron chi connectivity index (χ4n) is 1.47. The van der Waals surface area contributed by atoms with Crippen LogP contribution in [0.2, 0.25) is 0 Å². The summed E-state index contributed by atoms with van der Waals surface area (Å²) in [5.41, 5.74) is 0. The molecule has 0 saturated heterocycles. The van der Waals surface area contributed by atoms with Crippen LogP contribution in [0.1, 0.15) is 45.0 Å². The first-order valence-electron chi connectivity index (χ1n) is 6.30. The van der Waals surface area contributed by atoms with Gasteiger partial charge in [0.15, 0.2) is 5.82 Å². The molecule has 1 N–H and O–H groups in total. The molecule has 1 unspecified atom stereocenters. The van der Waals surface area contributed by atoms with Crippen LogP contribution in [0.3, 0.4) is 0 Å². The molecular formula is C11H23N5O. The maximum absolute atomic E-state index is 5.50. The van der Waals surface area contributed by atoms with Crippen LogP contribution in [-0.2, 0) is 11.3 Å². The molecule has 0 saturated carbocycles. The van der Waals surface area contributed by atoms with Crippen molar-refractivity contribution in [3.05, 3.63) is 5.82 Å². The Morgan fingerprint density at radius 2 is 2.12 bits per heavy atom. The van der Waals surface area contributed by atoms with Crippen molar-refractivity contribution in [2.24, 2.45) is 0 Å². The first-order valence-corrected chi connectivity index (χ1v) is 6.30. The first kappa shape index (κ1) is 14.1. The van der Waals surface area contributed by atoms with E-state index in [9.17, 15) is 0 Å². The molecule has 0 aliphatic heterocycles. The van der Waals surface area contributed by atoms with Crippen molar-refractivity contribution in [2.75, 3.05) is 20.3 Å². The van der Waals surface area contributed by atoms with Gasteiger partial charge in [-0.1, -0.05) is 13.3 Å². The highest BCUT2D eigenvalue weighted by molar-refractivity contribution is 4.88. The highest BCUT2D eigenvalue weighted by Crippen LogP contribution is 2.06. The molecule has 1 heterocycles. The second kappa shape index (κ2) is 8.14. The molecule has 17 heavy (non-hydrogen) atoms. The molecule has 1 atom stereocenters. The maximum atomic E-state index is 5.50. The third-order valence-electron chi connectivity index (χ3n) is 2.68. The largest absolute Gasteiger partial charge is 0.381 e. The van der Waals surface area contributed by atoms with Crippen molar-refractivity contribution < 1.29 is 4.74 Å². The summed E-state index contributed by atoms with van der Waals surface area (Å²) < 4.78 is 7.34. The van der Waals surface area contributed by atoms with E-state index in [1.54, 1.807) is 0 Å². The van der Waals surface area contributed by atoms with Crippen LogP contribution in [0.4, 0.5) is 0 Å². The second-order valence-electron chi connectivity index (χ2n) is 4.09. The monoisotopic (exact) mass is 241 g/mol. The SMILES string of the molecule is CCCCOCCCn1nnnc1C(C)NC. The van der Waals surface area contributed by atoms with Crippen LogP contribution < -0.4 is 5.32 Å². The Kier molecular flexibility index (Phi) is 6.73. The van der Waals surface area contributed by atoms with Gasteiger partial charge in [-0.3, -0.25) is 0 Å². The van der Waals surface area contributed by atoms with E-state index >= 15 is 0 Å². The van der Waals surface area contributed by atoms with Crippen molar-refractivity contribution >= 4 is 0 Å². The smallest absolute Gasteiger partial charge is 0.167 e. The zero-order valence-electron chi connectivity index (χ0n) is 11.0.